The third-order valence-electron chi connectivity index (χ3n) is 2.31. The van der Waals surface area contributed by atoms with E-state index < -0.39 is 11.9 Å². The molecule has 0 amide bonds. The minimum atomic E-state index is -0.541. The van der Waals surface area contributed by atoms with Gasteiger partial charge in [0.25, 0.3) is 0 Å². The zero-order valence-electron chi connectivity index (χ0n) is 12.1. The lowest BCUT2D eigenvalue weighted by atomic mass is 10.2. The zero-order chi connectivity index (χ0) is 14.5. The van der Waals surface area contributed by atoms with Gasteiger partial charge in [-0.15, -0.1) is 0 Å². The predicted molar refractivity (Wildman–Crippen MR) is 74.6 cm³/mol. The second-order valence-corrected chi connectivity index (χ2v) is 4.47. The summed E-state index contributed by atoms with van der Waals surface area (Å²) in [5.41, 5.74) is 1.07. The van der Waals surface area contributed by atoms with Gasteiger partial charge in [0.2, 0.25) is 0 Å². The van der Waals surface area contributed by atoms with Gasteiger partial charge in [0.05, 0.1) is 6.61 Å². The second kappa shape index (κ2) is 11.5. The van der Waals surface area contributed by atoms with Crippen molar-refractivity contribution < 1.29 is 19.1 Å². The van der Waals surface area contributed by atoms with Gasteiger partial charge in [-0.2, -0.15) is 0 Å². The van der Waals surface area contributed by atoms with Crippen LogP contribution in [0.15, 0.2) is 23.8 Å². The Balaban J connectivity index is 3.70. The van der Waals surface area contributed by atoms with Crippen LogP contribution in [0.1, 0.15) is 46.5 Å². The summed E-state index contributed by atoms with van der Waals surface area (Å²) in [5.74, 6) is -1.05. The average molecular weight is 268 g/mol. The van der Waals surface area contributed by atoms with E-state index in [1.807, 2.05) is 13.8 Å². The Kier molecular flexibility index (Phi) is 10.6. The fourth-order valence-corrected chi connectivity index (χ4v) is 1.22. The maximum absolute atomic E-state index is 11.2. The number of rotatable bonds is 9. The van der Waals surface area contributed by atoms with Crippen molar-refractivity contribution in [2.75, 3.05) is 13.2 Å². The molecule has 0 aliphatic carbocycles. The molecule has 0 rings (SSSR count). The van der Waals surface area contributed by atoms with E-state index in [0.29, 0.717) is 6.61 Å². The molecule has 4 heteroatoms. The predicted octanol–water partition coefficient (Wildman–Crippen LogP) is 3.18. The summed E-state index contributed by atoms with van der Waals surface area (Å²) in [6.45, 7) is 6.57. The zero-order valence-corrected chi connectivity index (χ0v) is 12.1. The molecule has 0 aromatic carbocycles. The molecule has 0 atom stereocenters. The molecule has 0 aromatic rings. The molecular formula is C15H24O4. The smallest absolute Gasteiger partial charge is 0.331 e. The van der Waals surface area contributed by atoms with Gasteiger partial charge in [0.1, 0.15) is 6.61 Å². The molecule has 0 saturated heterocycles. The number of esters is 2. The van der Waals surface area contributed by atoms with Crippen molar-refractivity contribution in [2.24, 2.45) is 0 Å². The van der Waals surface area contributed by atoms with Crippen LogP contribution in [0.2, 0.25) is 0 Å². The fourth-order valence-electron chi connectivity index (χ4n) is 1.22. The van der Waals surface area contributed by atoms with Crippen LogP contribution in [0.5, 0.6) is 0 Å². The maximum atomic E-state index is 11.2. The Hall–Kier alpha value is -1.58. The van der Waals surface area contributed by atoms with Crippen LogP contribution in [-0.2, 0) is 19.1 Å². The third-order valence-corrected chi connectivity index (χ3v) is 2.31. The van der Waals surface area contributed by atoms with Gasteiger partial charge in [-0.3, -0.25) is 0 Å². The Bertz CT molecular complexity index is 325. The first kappa shape index (κ1) is 17.4. The van der Waals surface area contributed by atoms with E-state index in [1.54, 1.807) is 6.08 Å². The molecule has 0 radical (unpaired) electrons. The number of unbranched alkanes of at least 4 members (excludes halogenated alkanes) is 3. The summed E-state index contributed by atoms with van der Waals surface area (Å²) >= 11 is 0. The highest BCUT2D eigenvalue weighted by atomic mass is 16.5. The van der Waals surface area contributed by atoms with Gasteiger partial charge in [-0.05, 0) is 26.3 Å². The standard InChI is InChI=1S/C15H24O4/c1-4-5-6-7-11-18-14(16)8-9-15(17)19-12-10-13(2)3/h8-10H,4-7,11-12H2,1-3H3/b9-8+. The monoisotopic (exact) mass is 268 g/mol. The van der Waals surface area contributed by atoms with Gasteiger partial charge in [0.15, 0.2) is 0 Å². The minimum Gasteiger partial charge on any atom is -0.463 e. The normalized spacial score (nSPS) is 10.3. The molecule has 0 unspecified atom stereocenters. The number of ether oxygens (including phenoxy) is 2. The van der Waals surface area contributed by atoms with Crippen LogP contribution in [0.4, 0.5) is 0 Å². The second-order valence-electron chi connectivity index (χ2n) is 4.47. The summed E-state index contributed by atoms with van der Waals surface area (Å²) < 4.78 is 9.79. The molecule has 19 heavy (non-hydrogen) atoms. The van der Waals surface area contributed by atoms with Crippen molar-refractivity contribution in [1.82, 2.24) is 0 Å². The summed E-state index contributed by atoms with van der Waals surface area (Å²) in [6.07, 6.45) is 8.18. The number of carbonyl (C=O) groups is 2. The summed E-state index contributed by atoms with van der Waals surface area (Å²) in [7, 11) is 0. The van der Waals surface area contributed by atoms with Crippen LogP contribution in [0.25, 0.3) is 0 Å². The van der Waals surface area contributed by atoms with Gasteiger partial charge in [-0.1, -0.05) is 31.8 Å². The van der Waals surface area contributed by atoms with Gasteiger partial charge >= 0.3 is 11.9 Å². The maximum Gasteiger partial charge on any atom is 0.331 e. The Labute approximate surface area is 115 Å². The highest BCUT2D eigenvalue weighted by Crippen LogP contribution is 1.99. The number of hydrogen-bond acceptors (Lipinski definition) is 4. The number of hydrogen-bond donors (Lipinski definition) is 0. The number of allylic oxidation sites excluding steroid dienone is 1. The van der Waals surface area contributed by atoms with E-state index in [1.165, 1.54) is 0 Å². The molecule has 0 saturated carbocycles. The minimum absolute atomic E-state index is 0.220. The quantitative estimate of drug-likeness (QED) is 0.279. The van der Waals surface area contributed by atoms with Crippen LogP contribution in [-0.4, -0.2) is 25.2 Å². The Morgan fingerprint density at radius 3 is 2.16 bits per heavy atom. The summed E-state index contributed by atoms with van der Waals surface area (Å²) in [6, 6.07) is 0. The fraction of sp³-hybridized carbons (Fsp3) is 0.600. The molecule has 0 aromatic heterocycles. The van der Waals surface area contributed by atoms with Crippen LogP contribution >= 0.6 is 0 Å². The van der Waals surface area contributed by atoms with E-state index in [2.05, 4.69) is 6.92 Å². The molecule has 0 heterocycles. The van der Waals surface area contributed by atoms with E-state index in [4.69, 9.17) is 9.47 Å². The molecule has 0 fully saturated rings. The first-order valence-electron chi connectivity index (χ1n) is 6.71. The average Bonchev–Trinajstić information content (AvgIpc) is 2.35. The number of carbonyl (C=O) groups excluding carboxylic acids is 2. The highest BCUT2D eigenvalue weighted by Gasteiger charge is 2.00. The molecule has 0 bridgehead atoms. The van der Waals surface area contributed by atoms with Crippen molar-refractivity contribution in [2.45, 2.75) is 46.5 Å². The lowest BCUT2D eigenvalue weighted by Crippen LogP contribution is -2.05. The van der Waals surface area contributed by atoms with Crippen molar-refractivity contribution in [1.29, 1.82) is 0 Å². The topological polar surface area (TPSA) is 52.6 Å². The highest BCUT2D eigenvalue weighted by molar-refractivity contribution is 5.91. The molecule has 0 aliphatic heterocycles. The van der Waals surface area contributed by atoms with Crippen LogP contribution < -0.4 is 0 Å². The van der Waals surface area contributed by atoms with Gasteiger partial charge in [-0.25, -0.2) is 9.59 Å². The molecular weight excluding hydrogens is 244 g/mol. The summed E-state index contributed by atoms with van der Waals surface area (Å²) in [5, 5.41) is 0. The summed E-state index contributed by atoms with van der Waals surface area (Å²) in [4.78, 5) is 22.4. The van der Waals surface area contributed by atoms with E-state index in [9.17, 15) is 9.59 Å². The molecule has 0 spiro atoms. The van der Waals surface area contributed by atoms with E-state index in [-0.39, 0.29) is 6.61 Å². The third kappa shape index (κ3) is 12.7. The first-order valence-corrected chi connectivity index (χ1v) is 6.71. The lowest BCUT2D eigenvalue weighted by Gasteiger charge is -2.01. The van der Waals surface area contributed by atoms with Crippen LogP contribution in [0.3, 0.4) is 0 Å². The SMILES string of the molecule is CCCCCCOC(=O)/C=C/C(=O)OCC=C(C)C. The van der Waals surface area contributed by atoms with Crippen LogP contribution in [0, 0.1) is 0 Å². The lowest BCUT2D eigenvalue weighted by molar-refractivity contribution is -0.140. The molecule has 108 valence electrons. The molecule has 0 aliphatic rings. The van der Waals surface area contributed by atoms with Gasteiger partial charge < -0.3 is 9.47 Å². The Morgan fingerprint density at radius 2 is 1.58 bits per heavy atom. The molecule has 0 N–H and O–H groups in total. The van der Waals surface area contributed by atoms with Crippen molar-refractivity contribution in [3.8, 4) is 0 Å². The van der Waals surface area contributed by atoms with Gasteiger partial charge in [0, 0.05) is 12.2 Å². The Morgan fingerprint density at radius 1 is 0.947 bits per heavy atom. The van der Waals surface area contributed by atoms with Crippen molar-refractivity contribution >= 4 is 11.9 Å². The molecule has 4 nitrogen and oxygen atoms in total. The largest absolute Gasteiger partial charge is 0.463 e. The first-order chi connectivity index (χ1) is 9.06. The van der Waals surface area contributed by atoms with Crippen molar-refractivity contribution in [3.63, 3.8) is 0 Å². The van der Waals surface area contributed by atoms with Crippen molar-refractivity contribution in [3.05, 3.63) is 23.8 Å². The van der Waals surface area contributed by atoms with E-state index >= 15 is 0 Å². The van der Waals surface area contributed by atoms with E-state index in [0.717, 1.165) is 43.4 Å².